The van der Waals surface area contributed by atoms with Gasteiger partial charge in [-0.25, -0.2) is 15.0 Å². The fraction of sp³-hybridized carbons (Fsp3) is 0.552. The van der Waals surface area contributed by atoms with Gasteiger partial charge >= 0.3 is 5.97 Å². The normalized spacial score (nSPS) is 16.7. The zero-order chi connectivity index (χ0) is 29.5. The summed E-state index contributed by atoms with van der Waals surface area (Å²) in [5.74, 6) is 0.0990. The average molecular weight is 580 g/mol. The van der Waals surface area contributed by atoms with E-state index in [9.17, 15) is 14.4 Å². The Morgan fingerprint density at radius 1 is 1.15 bits per heavy atom. The first-order valence-corrected chi connectivity index (χ1v) is 14.8. The molecule has 1 fully saturated rings. The van der Waals surface area contributed by atoms with Gasteiger partial charge in [-0.2, -0.15) is 5.10 Å². The highest BCUT2D eigenvalue weighted by Gasteiger charge is 2.38. The first-order chi connectivity index (χ1) is 19.3. The number of Topliss-reactive ketones (excluding diaryl/α,β-unsaturated/α-hetero) is 1. The Morgan fingerprint density at radius 3 is 2.59 bits per heavy atom. The van der Waals surface area contributed by atoms with Gasteiger partial charge in [0.2, 0.25) is 11.9 Å². The number of ether oxygens (including phenoxy) is 1. The largest absolute Gasteiger partial charge is 0.460 e. The maximum absolute atomic E-state index is 13.4. The molecule has 3 N–H and O–H groups in total. The van der Waals surface area contributed by atoms with Crippen LogP contribution in [0.1, 0.15) is 86.2 Å². The summed E-state index contributed by atoms with van der Waals surface area (Å²) in [6.07, 6.45) is 4.61. The van der Waals surface area contributed by atoms with Crippen molar-refractivity contribution in [1.82, 2.24) is 30.0 Å². The highest BCUT2D eigenvalue weighted by atomic mass is 32.1. The fourth-order valence-electron chi connectivity index (χ4n) is 5.70. The van der Waals surface area contributed by atoms with Crippen molar-refractivity contribution in [2.45, 2.75) is 84.2 Å². The van der Waals surface area contributed by atoms with Crippen LogP contribution in [0.5, 0.6) is 0 Å². The number of fused-ring (bicyclic) bond motifs is 3. The Morgan fingerprint density at radius 2 is 1.88 bits per heavy atom. The van der Waals surface area contributed by atoms with E-state index in [4.69, 9.17) is 10.5 Å². The highest BCUT2D eigenvalue weighted by molar-refractivity contribution is 7.09. The maximum atomic E-state index is 13.4. The van der Waals surface area contributed by atoms with Crippen molar-refractivity contribution < 1.29 is 19.1 Å². The molecule has 1 saturated heterocycles. The van der Waals surface area contributed by atoms with Crippen molar-refractivity contribution in [3.05, 3.63) is 39.1 Å². The van der Waals surface area contributed by atoms with Crippen LogP contribution in [-0.4, -0.2) is 66.4 Å². The summed E-state index contributed by atoms with van der Waals surface area (Å²) in [6, 6.07) is 0. The van der Waals surface area contributed by atoms with Crippen LogP contribution in [0.3, 0.4) is 0 Å². The number of ketones is 1. The van der Waals surface area contributed by atoms with Crippen LogP contribution in [0.25, 0.3) is 11.4 Å². The Balaban J connectivity index is 1.18. The number of H-pyrrole nitrogens is 1. The number of nitrogen functional groups attached to an aromatic ring is 1. The molecule has 0 unspecified atom stereocenters. The molecule has 1 aliphatic carbocycles. The lowest BCUT2D eigenvalue weighted by Crippen LogP contribution is -2.40. The molecule has 0 atom stereocenters. The molecular formula is C29H37N7O4S. The van der Waals surface area contributed by atoms with E-state index in [0.29, 0.717) is 53.7 Å². The third-order valence-electron chi connectivity index (χ3n) is 7.55. The van der Waals surface area contributed by atoms with E-state index in [1.54, 1.807) is 6.20 Å². The van der Waals surface area contributed by atoms with Crippen molar-refractivity contribution in [3.8, 4) is 11.4 Å². The predicted octanol–water partition coefficient (Wildman–Crippen LogP) is 3.68. The number of esters is 1. The van der Waals surface area contributed by atoms with Gasteiger partial charge in [0.25, 0.3) is 0 Å². The molecule has 0 radical (unpaired) electrons. The number of aromatic nitrogens is 5. The van der Waals surface area contributed by atoms with Crippen LogP contribution in [0.2, 0.25) is 0 Å². The minimum absolute atomic E-state index is 0.00760. The topological polar surface area (TPSA) is 157 Å². The molecule has 4 heterocycles. The Labute approximate surface area is 243 Å². The molecule has 12 heteroatoms. The number of carbonyl (C=O) groups excluding carboxylic acids is 3. The van der Waals surface area contributed by atoms with Gasteiger partial charge in [-0.1, -0.05) is 13.8 Å². The minimum atomic E-state index is -0.490. The van der Waals surface area contributed by atoms with Gasteiger partial charge < -0.3 is 15.4 Å². The molecule has 11 nitrogen and oxygen atoms in total. The Kier molecular flexibility index (Phi) is 7.71. The summed E-state index contributed by atoms with van der Waals surface area (Å²) in [5.41, 5.74) is 9.17. The molecule has 0 aromatic carbocycles. The maximum Gasteiger partial charge on any atom is 0.306 e. The molecule has 3 aromatic heterocycles. The van der Waals surface area contributed by atoms with E-state index in [2.05, 4.69) is 39.0 Å². The number of nitrogens with zero attached hydrogens (tertiary/aromatic N) is 5. The van der Waals surface area contributed by atoms with E-state index in [1.807, 2.05) is 31.1 Å². The summed E-state index contributed by atoms with van der Waals surface area (Å²) in [5, 5.41) is 9.89. The van der Waals surface area contributed by atoms with Gasteiger partial charge in [0.15, 0.2) is 5.78 Å². The number of rotatable bonds is 7. The molecule has 0 saturated carbocycles. The van der Waals surface area contributed by atoms with Gasteiger partial charge in [-0.05, 0) is 56.9 Å². The number of hydrogen-bond acceptors (Lipinski definition) is 10. The number of nitrogens with two attached hydrogens (primary N) is 1. The molecule has 5 rings (SSSR count). The van der Waals surface area contributed by atoms with Crippen LogP contribution in [0, 0.1) is 5.92 Å². The lowest BCUT2D eigenvalue weighted by atomic mass is 9.73. The Bertz CT molecular complexity index is 1480. The quantitative estimate of drug-likeness (QED) is 0.315. The summed E-state index contributed by atoms with van der Waals surface area (Å²) < 4.78 is 5.44. The zero-order valence-electron chi connectivity index (χ0n) is 24.2. The second-order valence-corrected chi connectivity index (χ2v) is 13.6. The SMILES string of the molecule is CC(C)(C)OC(=O)CC1CCN(C(=O)Cc2csc(CC(=O)c3[nH]nc4c3C(C)(C)Cc3cnc(N)nc3-4)n2)CC1. The van der Waals surface area contributed by atoms with Crippen molar-refractivity contribution in [2.24, 2.45) is 5.92 Å². The van der Waals surface area contributed by atoms with Crippen molar-refractivity contribution in [3.63, 3.8) is 0 Å². The molecule has 0 spiro atoms. The van der Waals surface area contributed by atoms with Gasteiger partial charge in [-0.3, -0.25) is 19.5 Å². The first kappa shape index (κ1) is 28.8. The van der Waals surface area contributed by atoms with Crippen LogP contribution in [0.4, 0.5) is 5.95 Å². The van der Waals surface area contributed by atoms with Gasteiger partial charge in [0.1, 0.15) is 22.0 Å². The van der Waals surface area contributed by atoms with Gasteiger partial charge in [-0.15, -0.1) is 11.3 Å². The minimum Gasteiger partial charge on any atom is -0.460 e. The number of likely N-dealkylation sites (tertiary alicyclic amines) is 1. The number of aromatic amines is 1. The number of amides is 1. The van der Waals surface area contributed by atoms with Crippen molar-refractivity contribution in [1.29, 1.82) is 0 Å². The number of piperidine rings is 1. The monoisotopic (exact) mass is 579 g/mol. The van der Waals surface area contributed by atoms with E-state index in [0.717, 1.165) is 24.0 Å². The number of carbonyl (C=O) groups is 3. The van der Waals surface area contributed by atoms with E-state index < -0.39 is 5.60 Å². The molecule has 1 amide bonds. The predicted molar refractivity (Wildman–Crippen MR) is 154 cm³/mol. The number of nitrogens with one attached hydrogen (secondary N) is 1. The van der Waals surface area contributed by atoms with Crippen molar-refractivity contribution in [2.75, 3.05) is 18.8 Å². The van der Waals surface area contributed by atoms with Crippen LogP contribution in [0.15, 0.2) is 11.6 Å². The van der Waals surface area contributed by atoms with Crippen LogP contribution < -0.4 is 5.73 Å². The molecule has 1 aliphatic heterocycles. The molecular weight excluding hydrogens is 542 g/mol. The lowest BCUT2D eigenvalue weighted by molar-refractivity contribution is -0.156. The Hall–Kier alpha value is -3.67. The zero-order valence-corrected chi connectivity index (χ0v) is 25.1. The summed E-state index contributed by atoms with van der Waals surface area (Å²) in [6.45, 7) is 11.0. The second kappa shape index (κ2) is 11.0. The fourth-order valence-corrected chi connectivity index (χ4v) is 6.50. The summed E-state index contributed by atoms with van der Waals surface area (Å²) in [7, 11) is 0. The first-order valence-electron chi connectivity index (χ1n) is 14.0. The molecule has 3 aromatic rings. The highest BCUT2D eigenvalue weighted by Crippen LogP contribution is 2.43. The summed E-state index contributed by atoms with van der Waals surface area (Å²) in [4.78, 5) is 53.4. The van der Waals surface area contributed by atoms with Gasteiger partial charge in [0.05, 0.1) is 24.2 Å². The number of hydrogen-bond donors (Lipinski definition) is 2. The third-order valence-corrected chi connectivity index (χ3v) is 8.45. The van der Waals surface area contributed by atoms with E-state index >= 15 is 0 Å². The van der Waals surface area contributed by atoms with Crippen LogP contribution in [-0.2, 0) is 39.0 Å². The lowest BCUT2D eigenvalue weighted by Gasteiger charge is -2.32. The molecule has 41 heavy (non-hydrogen) atoms. The van der Waals surface area contributed by atoms with E-state index in [1.165, 1.54) is 11.3 Å². The molecule has 2 aliphatic rings. The summed E-state index contributed by atoms with van der Waals surface area (Å²) >= 11 is 1.38. The van der Waals surface area contributed by atoms with E-state index in [-0.39, 0.29) is 47.8 Å². The molecule has 0 bridgehead atoms. The van der Waals surface area contributed by atoms with Crippen LogP contribution >= 0.6 is 11.3 Å². The third kappa shape index (κ3) is 6.47. The number of anilines is 1. The van der Waals surface area contributed by atoms with Crippen molar-refractivity contribution >= 4 is 34.9 Å². The van der Waals surface area contributed by atoms with Gasteiger partial charge in [0, 0.05) is 36.7 Å². The average Bonchev–Trinajstić information content (AvgIpc) is 3.52. The number of thiazole rings is 1. The molecule has 218 valence electrons. The second-order valence-electron chi connectivity index (χ2n) is 12.6. The standard InChI is InChI=1S/C29H37N7O4S/c1-28(2,3)40-22(39)10-16-6-8-36(9-7-16)21(38)11-18-15-41-20(32-18)12-19(37)25-23-26(35-34-25)24-17(13-29(23,4)5)14-31-27(30)33-24/h14-16H,6-13H2,1-5H3,(H,34,35)(H2,30,31,33). The smallest absolute Gasteiger partial charge is 0.306 e.